The van der Waals surface area contributed by atoms with E-state index in [1.54, 1.807) is 30.1 Å². The molecule has 180 valence electrons. The van der Waals surface area contributed by atoms with Gasteiger partial charge in [-0.05, 0) is 37.5 Å². The minimum absolute atomic E-state index is 0.00194. The number of nitro benzene ring substituents is 1. The van der Waals surface area contributed by atoms with E-state index in [1.807, 2.05) is 11.8 Å². The summed E-state index contributed by atoms with van der Waals surface area (Å²) in [6.07, 6.45) is -3.68. The minimum atomic E-state index is -4.68. The molecule has 1 unspecified atom stereocenters. The summed E-state index contributed by atoms with van der Waals surface area (Å²) < 4.78 is 40.1. The van der Waals surface area contributed by atoms with Gasteiger partial charge < -0.3 is 9.80 Å². The van der Waals surface area contributed by atoms with E-state index in [4.69, 9.17) is 0 Å². The number of hydrogen-bond acceptors (Lipinski definition) is 7. The number of piperidine rings is 1. The number of anilines is 1. The lowest BCUT2D eigenvalue weighted by molar-refractivity contribution is -0.384. The van der Waals surface area contributed by atoms with Gasteiger partial charge in [0, 0.05) is 38.2 Å². The zero-order valence-corrected chi connectivity index (χ0v) is 18.4. The van der Waals surface area contributed by atoms with Gasteiger partial charge in [0.25, 0.3) is 11.5 Å². The van der Waals surface area contributed by atoms with Crippen LogP contribution in [0.2, 0.25) is 0 Å². The summed E-state index contributed by atoms with van der Waals surface area (Å²) in [4.78, 5) is 27.1. The molecule has 4 rings (SSSR count). The van der Waals surface area contributed by atoms with E-state index in [-0.39, 0.29) is 29.2 Å². The molecule has 1 fully saturated rings. The van der Waals surface area contributed by atoms with Gasteiger partial charge in [-0.15, -0.1) is 15.3 Å². The zero-order valence-electron chi connectivity index (χ0n) is 18.4. The maximum Gasteiger partial charge on any atom is 0.453 e. The van der Waals surface area contributed by atoms with Gasteiger partial charge >= 0.3 is 6.18 Å². The van der Waals surface area contributed by atoms with Crippen molar-refractivity contribution in [3.63, 3.8) is 0 Å². The van der Waals surface area contributed by atoms with Crippen molar-refractivity contribution in [3.8, 4) is 0 Å². The van der Waals surface area contributed by atoms with Crippen LogP contribution < -0.4 is 4.90 Å². The molecule has 0 aliphatic carbocycles. The number of nitrogens with zero attached hydrogens (tertiary/aromatic N) is 7. The second kappa shape index (κ2) is 8.88. The monoisotopic (exact) mass is 477 g/mol. The Hall–Kier alpha value is -3.77. The summed E-state index contributed by atoms with van der Waals surface area (Å²) in [6.45, 7) is 2.69. The Morgan fingerprint density at radius 1 is 1.21 bits per heavy atom. The van der Waals surface area contributed by atoms with Crippen molar-refractivity contribution < 1.29 is 22.9 Å². The summed E-state index contributed by atoms with van der Waals surface area (Å²) >= 11 is 0. The molecular formula is C21H22F3N7O3. The lowest BCUT2D eigenvalue weighted by Gasteiger charge is -2.35. The number of nitro groups is 1. The van der Waals surface area contributed by atoms with Gasteiger partial charge in [0.05, 0.1) is 11.0 Å². The summed E-state index contributed by atoms with van der Waals surface area (Å²) in [5.74, 6) is -1.19. The normalized spacial score (nSPS) is 16.0. The second-order valence-corrected chi connectivity index (χ2v) is 8.22. The number of fused-ring (bicyclic) bond motifs is 1. The van der Waals surface area contributed by atoms with Crippen molar-refractivity contribution in [2.45, 2.75) is 32.0 Å². The molecule has 13 heteroatoms. The molecule has 0 spiro atoms. The van der Waals surface area contributed by atoms with Crippen LogP contribution in [0.5, 0.6) is 0 Å². The van der Waals surface area contributed by atoms with Crippen molar-refractivity contribution in [2.24, 2.45) is 5.92 Å². The van der Waals surface area contributed by atoms with Gasteiger partial charge in [-0.25, -0.2) is 0 Å². The number of alkyl halides is 3. The molecular weight excluding hydrogens is 455 g/mol. The van der Waals surface area contributed by atoms with Crippen LogP contribution in [0.15, 0.2) is 36.4 Å². The van der Waals surface area contributed by atoms with Crippen LogP contribution in [0.3, 0.4) is 0 Å². The fourth-order valence-corrected chi connectivity index (χ4v) is 4.08. The average Bonchev–Trinajstić information content (AvgIpc) is 3.27. The van der Waals surface area contributed by atoms with Gasteiger partial charge in [-0.3, -0.25) is 14.9 Å². The van der Waals surface area contributed by atoms with Crippen LogP contribution >= 0.6 is 0 Å². The van der Waals surface area contributed by atoms with E-state index in [0.29, 0.717) is 41.8 Å². The summed E-state index contributed by atoms with van der Waals surface area (Å²) in [5, 5.41) is 21.8. The van der Waals surface area contributed by atoms with E-state index in [0.717, 1.165) is 0 Å². The van der Waals surface area contributed by atoms with Gasteiger partial charge in [0.1, 0.15) is 5.82 Å². The molecule has 1 amide bonds. The topological polar surface area (TPSA) is 110 Å². The Balaban J connectivity index is 1.43. The van der Waals surface area contributed by atoms with E-state index in [2.05, 4.69) is 15.3 Å². The van der Waals surface area contributed by atoms with Gasteiger partial charge in [-0.2, -0.15) is 17.7 Å². The highest BCUT2D eigenvalue weighted by molar-refractivity contribution is 5.79. The van der Waals surface area contributed by atoms with Crippen LogP contribution in [-0.4, -0.2) is 55.7 Å². The van der Waals surface area contributed by atoms with Crippen LogP contribution in [0.25, 0.3) is 5.65 Å². The van der Waals surface area contributed by atoms with Crippen LogP contribution in [0, 0.1) is 16.0 Å². The number of carbonyl (C=O) groups is 1. The third-order valence-corrected chi connectivity index (χ3v) is 6.16. The summed E-state index contributed by atoms with van der Waals surface area (Å²) in [6, 6.07) is 8.84. The Morgan fingerprint density at radius 2 is 1.91 bits per heavy atom. The number of carbonyl (C=O) groups excluding carboxylic acids is 1. The molecule has 10 nitrogen and oxygen atoms in total. The number of benzene rings is 1. The summed E-state index contributed by atoms with van der Waals surface area (Å²) in [5.41, 5.74) is 0.622. The number of aromatic nitrogens is 4. The molecule has 0 N–H and O–H groups in total. The standard InChI is InChI=1S/C21H22F3N7O3/c1-13(15-4-3-5-16(12-15)31(33)34)28(2)19(32)14-8-10-29(11-9-14)18-7-6-17-25-26-20(21(22,23)24)30(17)27-18/h3-7,12-14H,8-11H2,1-2H3. The first-order valence-electron chi connectivity index (χ1n) is 10.6. The third-order valence-electron chi connectivity index (χ3n) is 6.16. The fourth-order valence-electron chi connectivity index (χ4n) is 4.08. The minimum Gasteiger partial charge on any atom is -0.355 e. The molecule has 1 saturated heterocycles. The van der Waals surface area contributed by atoms with Crippen LogP contribution in [0.1, 0.15) is 37.2 Å². The second-order valence-electron chi connectivity index (χ2n) is 8.22. The van der Waals surface area contributed by atoms with Gasteiger partial charge in [0.15, 0.2) is 5.65 Å². The number of non-ortho nitro benzene ring substituents is 1. The van der Waals surface area contributed by atoms with Crippen LogP contribution in [0.4, 0.5) is 24.7 Å². The molecule has 0 bridgehead atoms. The van der Waals surface area contributed by atoms with Crippen molar-refractivity contribution in [2.75, 3.05) is 25.0 Å². The van der Waals surface area contributed by atoms with E-state index < -0.39 is 16.9 Å². The number of halogens is 3. The summed E-state index contributed by atoms with van der Waals surface area (Å²) in [7, 11) is 1.67. The Kier molecular flexibility index (Phi) is 6.11. The smallest absolute Gasteiger partial charge is 0.355 e. The molecule has 3 heterocycles. The predicted molar refractivity (Wildman–Crippen MR) is 115 cm³/mol. The van der Waals surface area contributed by atoms with E-state index in [9.17, 15) is 28.1 Å². The molecule has 1 atom stereocenters. The highest BCUT2D eigenvalue weighted by atomic mass is 19.4. The third kappa shape index (κ3) is 4.50. The average molecular weight is 477 g/mol. The highest BCUT2D eigenvalue weighted by Gasteiger charge is 2.38. The Morgan fingerprint density at radius 3 is 2.56 bits per heavy atom. The molecule has 34 heavy (non-hydrogen) atoms. The Labute approximate surface area is 192 Å². The highest BCUT2D eigenvalue weighted by Crippen LogP contribution is 2.30. The molecule has 1 aromatic carbocycles. The molecule has 3 aromatic rings. The SMILES string of the molecule is CC(c1cccc([N+](=O)[O-])c1)N(C)C(=O)C1CCN(c2ccc3nnc(C(F)(F)F)n3n2)CC1. The van der Waals surface area contributed by atoms with Gasteiger partial charge in [0.2, 0.25) is 5.91 Å². The van der Waals surface area contributed by atoms with Crippen molar-refractivity contribution in [1.82, 2.24) is 24.7 Å². The number of hydrogen-bond donors (Lipinski definition) is 0. The van der Waals surface area contributed by atoms with Crippen molar-refractivity contribution in [3.05, 3.63) is 57.9 Å². The quantitative estimate of drug-likeness (QED) is 0.409. The molecule has 1 aliphatic heterocycles. The maximum atomic E-state index is 13.1. The van der Waals surface area contributed by atoms with Crippen molar-refractivity contribution >= 4 is 23.1 Å². The first-order valence-corrected chi connectivity index (χ1v) is 10.6. The molecule has 2 aromatic heterocycles. The number of rotatable bonds is 5. The zero-order chi connectivity index (χ0) is 24.6. The number of amides is 1. The largest absolute Gasteiger partial charge is 0.453 e. The lowest BCUT2D eigenvalue weighted by atomic mass is 9.94. The first-order chi connectivity index (χ1) is 16.1. The van der Waals surface area contributed by atoms with Gasteiger partial charge in [-0.1, -0.05) is 12.1 Å². The Bertz CT molecular complexity index is 1220. The van der Waals surface area contributed by atoms with E-state index >= 15 is 0 Å². The molecule has 0 radical (unpaired) electrons. The van der Waals surface area contributed by atoms with Crippen molar-refractivity contribution in [1.29, 1.82) is 0 Å². The van der Waals surface area contributed by atoms with Crippen LogP contribution in [-0.2, 0) is 11.0 Å². The fraction of sp³-hybridized carbons (Fsp3) is 0.429. The predicted octanol–water partition coefficient (Wildman–Crippen LogP) is 3.49. The maximum absolute atomic E-state index is 13.1. The first kappa shape index (κ1) is 23.4. The lowest BCUT2D eigenvalue weighted by Crippen LogP contribution is -2.42. The molecule has 1 aliphatic rings. The molecule has 0 saturated carbocycles. The van der Waals surface area contributed by atoms with E-state index in [1.165, 1.54) is 18.2 Å².